The first kappa shape index (κ1) is 31.4. The van der Waals surface area contributed by atoms with Gasteiger partial charge in [-0.25, -0.2) is 0 Å². The van der Waals surface area contributed by atoms with Crippen molar-refractivity contribution in [3.05, 3.63) is 47.6 Å². The molecular weight excluding hydrogens is 455 g/mol. The van der Waals surface area contributed by atoms with E-state index in [1.165, 1.54) is 5.56 Å². The number of aliphatic hydroxyl groups is 1. The number of rotatable bonds is 4. The van der Waals surface area contributed by atoms with E-state index in [1.54, 1.807) is 6.92 Å². The molecule has 0 bridgehead atoms. The Labute approximate surface area is 212 Å². The standard InChI is InChI=1S/C27H42N2O2.CH3.Co/c1-17(19(3)30)18(2)29-24-13-11-10-12-23(24)28-16-20-14-21(26(4,5)6)15-22(25(20)31)27(7,8)9;;/h14-16,23-24,30-31H,10-13H2,1-9H3;1H3;/q;-1;. The Morgan fingerprint density at radius 2 is 1.48 bits per heavy atom. The van der Waals surface area contributed by atoms with Crippen LogP contribution in [0.25, 0.3) is 0 Å². The summed E-state index contributed by atoms with van der Waals surface area (Å²) in [5.41, 5.74) is 4.47. The summed E-state index contributed by atoms with van der Waals surface area (Å²) in [5, 5.41) is 20.8. The van der Waals surface area contributed by atoms with Crippen LogP contribution in [0.2, 0.25) is 0 Å². The van der Waals surface area contributed by atoms with Crippen molar-refractivity contribution in [3.8, 4) is 5.75 Å². The fourth-order valence-corrected chi connectivity index (χ4v) is 3.96. The molecule has 0 aliphatic heterocycles. The zero-order chi connectivity index (χ0) is 23.6. The first-order valence-corrected chi connectivity index (χ1v) is 11.5. The molecule has 5 heteroatoms. The van der Waals surface area contributed by atoms with E-state index >= 15 is 0 Å². The quantitative estimate of drug-likeness (QED) is 0.256. The van der Waals surface area contributed by atoms with Crippen LogP contribution in [0.1, 0.15) is 105 Å². The summed E-state index contributed by atoms with van der Waals surface area (Å²) in [6.07, 6.45) is 6.13. The summed E-state index contributed by atoms with van der Waals surface area (Å²) < 4.78 is 0. The van der Waals surface area contributed by atoms with Crippen molar-refractivity contribution < 1.29 is 27.0 Å². The predicted octanol–water partition coefficient (Wildman–Crippen LogP) is 7.48. The van der Waals surface area contributed by atoms with Gasteiger partial charge in [0.05, 0.1) is 17.8 Å². The average molecular weight is 501 g/mol. The normalized spacial score (nSPS) is 20.7. The molecule has 0 amide bonds. The number of aliphatic hydroxyl groups excluding tert-OH is 1. The summed E-state index contributed by atoms with van der Waals surface area (Å²) >= 11 is 0. The second-order valence-corrected chi connectivity index (χ2v) is 11.1. The number of phenolic OH excluding ortho intramolecular Hbond substituents is 1. The fraction of sp³-hybridized carbons (Fsp3) is 0.607. The van der Waals surface area contributed by atoms with Gasteiger partial charge in [-0.1, -0.05) is 60.5 Å². The molecule has 2 unspecified atom stereocenters. The number of hydrogen-bond acceptors (Lipinski definition) is 4. The smallest absolute Gasteiger partial charge is 0.128 e. The van der Waals surface area contributed by atoms with E-state index in [0.717, 1.165) is 48.1 Å². The molecule has 189 valence electrons. The zero-order valence-electron chi connectivity index (χ0n) is 22.3. The molecule has 0 saturated heterocycles. The molecule has 1 fully saturated rings. The molecule has 1 aliphatic rings. The largest absolute Gasteiger partial charge is 0.512 e. The van der Waals surface area contributed by atoms with E-state index in [9.17, 15) is 10.2 Å². The number of allylic oxidation sites excluding steroid dienone is 2. The van der Waals surface area contributed by atoms with E-state index in [4.69, 9.17) is 9.98 Å². The maximum absolute atomic E-state index is 11.0. The van der Waals surface area contributed by atoms with Gasteiger partial charge in [0.2, 0.25) is 0 Å². The third kappa shape index (κ3) is 8.29. The topological polar surface area (TPSA) is 65.2 Å². The van der Waals surface area contributed by atoms with Crippen LogP contribution in [0.3, 0.4) is 0 Å². The van der Waals surface area contributed by atoms with Gasteiger partial charge >= 0.3 is 0 Å². The Hall–Kier alpha value is -1.59. The Bertz CT molecular complexity index is 882. The van der Waals surface area contributed by atoms with Crippen LogP contribution in [-0.2, 0) is 27.6 Å². The van der Waals surface area contributed by atoms with E-state index in [-0.39, 0.29) is 47.1 Å². The molecule has 2 N–H and O–H groups in total. The van der Waals surface area contributed by atoms with E-state index < -0.39 is 0 Å². The average Bonchev–Trinajstić information content (AvgIpc) is 2.65. The Morgan fingerprint density at radius 1 is 0.939 bits per heavy atom. The second-order valence-electron chi connectivity index (χ2n) is 11.1. The monoisotopic (exact) mass is 500 g/mol. The Balaban J connectivity index is 0.00000512. The molecule has 33 heavy (non-hydrogen) atoms. The van der Waals surface area contributed by atoms with Crippen molar-refractivity contribution in [2.75, 3.05) is 0 Å². The molecule has 1 saturated carbocycles. The van der Waals surface area contributed by atoms with E-state index in [0.29, 0.717) is 11.5 Å². The van der Waals surface area contributed by atoms with Gasteiger partial charge in [-0.15, -0.1) is 0 Å². The first-order valence-electron chi connectivity index (χ1n) is 11.5. The summed E-state index contributed by atoms with van der Waals surface area (Å²) in [7, 11) is 0. The summed E-state index contributed by atoms with van der Waals surface area (Å²) in [5.74, 6) is 0.640. The first-order chi connectivity index (χ1) is 14.2. The summed E-state index contributed by atoms with van der Waals surface area (Å²) in [4.78, 5) is 9.84. The minimum atomic E-state index is -0.158. The minimum absolute atomic E-state index is 0. The second kappa shape index (κ2) is 12.2. The van der Waals surface area contributed by atoms with Crippen molar-refractivity contribution >= 4 is 11.9 Å². The van der Waals surface area contributed by atoms with Crippen molar-refractivity contribution in [3.63, 3.8) is 0 Å². The molecule has 1 aromatic carbocycles. The molecule has 0 heterocycles. The van der Waals surface area contributed by atoms with E-state index in [2.05, 4.69) is 53.7 Å². The molecule has 0 spiro atoms. The number of aliphatic imine (C=N–C) groups is 2. The summed E-state index contributed by atoms with van der Waals surface area (Å²) in [6, 6.07) is 4.40. The molecule has 2 atom stereocenters. The molecule has 1 aromatic rings. The predicted molar refractivity (Wildman–Crippen MR) is 140 cm³/mol. The fourth-order valence-electron chi connectivity index (χ4n) is 3.96. The van der Waals surface area contributed by atoms with Gasteiger partial charge in [0.1, 0.15) is 5.75 Å². The number of aromatic hydroxyl groups is 1. The third-order valence-corrected chi connectivity index (χ3v) is 6.36. The van der Waals surface area contributed by atoms with Crippen LogP contribution in [0.5, 0.6) is 5.75 Å². The molecule has 4 nitrogen and oxygen atoms in total. The van der Waals surface area contributed by atoms with Crippen LogP contribution in [-0.4, -0.2) is 34.2 Å². The Kier molecular flexibility index (Phi) is 11.6. The van der Waals surface area contributed by atoms with Crippen molar-refractivity contribution in [1.82, 2.24) is 0 Å². The minimum Gasteiger partial charge on any atom is -0.512 e. The third-order valence-electron chi connectivity index (χ3n) is 6.36. The van der Waals surface area contributed by atoms with Gasteiger partial charge < -0.3 is 17.6 Å². The van der Waals surface area contributed by atoms with Gasteiger partial charge in [-0.05, 0) is 56.1 Å². The van der Waals surface area contributed by atoms with Gasteiger partial charge in [0.25, 0.3) is 0 Å². The molecular formula is C28H45CoN2O2-. The molecule has 1 radical (unpaired) electrons. The number of benzene rings is 1. The number of phenols is 1. The number of hydrogen-bond donors (Lipinski definition) is 2. The van der Waals surface area contributed by atoms with Crippen LogP contribution < -0.4 is 0 Å². The van der Waals surface area contributed by atoms with Crippen molar-refractivity contribution in [2.45, 2.75) is 111 Å². The van der Waals surface area contributed by atoms with Crippen molar-refractivity contribution in [1.29, 1.82) is 0 Å². The van der Waals surface area contributed by atoms with Crippen LogP contribution in [0.15, 0.2) is 33.4 Å². The van der Waals surface area contributed by atoms with Crippen LogP contribution >= 0.6 is 0 Å². The van der Waals surface area contributed by atoms with Crippen molar-refractivity contribution in [2.24, 2.45) is 9.98 Å². The van der Waals surface area contributed by atoms with Gasteiger partial charge in [0.15, 0.2) is 0 Å². The maximum atomic E-state index is 11.0. The van der Waals surface area contributed by atoms with Crippen LogP contribution in [0, 0.1) is 7.43 Å². The van der Waals surface area contributed by atoms with Gasteiger partial charge in [-0.2, -0.15) is 0 Å². The van der Waals surface area contributed by atoms with Gasteiger partial charge in [0, 0.05) is 45.4 Å². The molecule has 0 aromatic heterocycles. The maximum Gasteiger partial charge on any atom is 0.128 e. The Morgan fingerprint density at radius 3 is 1.97 bits per heavy atom. The molecule has 2 rings (SSSR count). The summed E-state index contributed by atoms with van der Waals surface area (Å²) in [6.45, 7) is 18.5. The number of nitrogens with zero attached hydrogens (tertiary/aromatic N) is 2. The van der Waals surface area contributed by atoms with Gasteiger partial charge in [-0.3, -0.25) is 9.98 Å². The zero-order valence-corrected chi connectivity index (χ0v) is 23.4. The molecule has 1 aliphatic carbocycles. The van der Waals surface area contributed by atoms with Crippen LogP contribution in [0.4, 0.5) is 0 Å². The van der Waals surface area contributed by atoms with E-state index in [1.807, 2.05) is 20.1 Å². The SMILES string of the molecule is CC(=NC1CCCCC1N=Cc1cc(C(C)(C)C)cc(C(C)(C)C)c1O)C(C)=C(C)O.[CH3-].[Co].